The standard InChI is InChI=1S/C41H74O4/c1-3-5-7-9-11-13-15-17-18-19-20-21-22-23-25-27-29-31-33-35-37-44-39-40(38-42)45-41(43)36-34-32-30-28-26-24-16-14-12-10-8-6-4-2/h6,8,12,14,24,26,30,32,40,42H,3-5,7,9-11,13,15-23,25,27-29,31,33-39H2,1-2H3/b8-6-,14-12-,26-24-,32-30-. The molecule has 0 aromatic heterocycles. The molecule has 45 heavy (non-hydrogen) atoms. The number of carbonyl (C=O) groups excluding carboxylic acids is 1. The van der Waals surface area contributed by atoms with Gasteiger partial charge in [-0.25, -0.2) is 0 Å². The van der Waals surface area contributed by atoms with E-state index in [1.807, 2.05) is 6.08 Å². The third-order valence-corrected chi connectivity index (χ3v) is 8.18. The van der Waals surface area contributed by atoms with Crippen molar-refractivity contribution < 1.29 is 19.4 Å². The van der Waals surface area contributed by atoms with E-state index >= 15 is 0 Å². The molecule has 262 valence electrons. The molecule has 0 aliphatic carbocycles. The molecule has 1 unspecified atom stereocenters. The lowest BCUT2D eigenvalue weighted by Gasteiger charge is -2.15. The first kappa shape index (κ1) is 43.4. The van der Waals surface area contributed by atoms with Gasteiger partial charge in [0.1, 0.15) is 6.10 Å². The molecule has 0 aromatic rings. The largest absolute Gasteiger partial charge is 0.457 e. The van der Waals surface area contributed by atoms with E-state index in [1.165, 1.54) is 122 Å². The van der Waals surface area contributed by atoms with E-state index in [1.54, 1.807) is 0 Å². The molecule has 0 aliphatic rings. The highest BCUT2D eigenvalue weighted by molar-refractivity contribution is 5.69. The fraction of sp³-hybridized carbons (Fsp3) is 0.780. The van der Waals surface area contributed by atoms with E-state index in [0.29, 0.717) is 19.4 Å². The zero-order valence-corrected chi connectivity index (χ0v) is 29.9. The van der Waals surface area contributed by atoms with Crippen LogP contribution in [0.15, 0.2) is 48.6 Å². The number of rotatable bonds is 35. The lowest BCUT2D eigenvalue weighted by molar-refractivity contribution is -0.154. The Bertz CT molecular complexity index is 708. The van der Waals surface area contributed by atoms with Crippen LogP contribution in [0.4, 0.5) is 0 Å². The number of hydrogen-bond donors (Lipinski definition) is 1. The molecule has 4 nitrogen and oxygen atoms in total. The fourth-order valence-corrected chi connectivity index (χ4v) is 5.34. The van der Waals surface area contributed by atoms with E-state index in [-0.39, 0.29) is 19.2 Å². The summed E-state index contributed by atoms with van der Waals surface area (Å²) in [7, 11) is 0. The maximum Gasteiger partial charge on any atom is 0.306 e. The average Bonchev–Trinajstić information content (AvgIpc) is 3.05. The van der Waals surface area contributed by atoms with Crippen LogP contribution in [0.1, 0.15) is 181 Å². The molecule has 0 amide bonds. The second-order valence-electron chi connectivity index (χ2n) is 12.6. The van der Waals surface area contributed by atoms with Gasteiger partial charge in [0.15, 0.2) is 0 Å². The summed E-state index contributed by atoms with van der Waals surface area (Å²) in [6.45, 7) is 5.16. The number of carbonyl (C=O) groups is 1. The van der Waals surface area contributed by atoms with Crippen LogP contribution >= 0.6 is 0 Å². The van der Waals surface area contributed by atoms with Crippen LogP contribution < -0.4 is 0 Å². The first-order valence-corrected chi connectivity index (χ1v) is 19.2. The molecule has 0 bridgehead atoms. The molecule has 0 fully saturated rings. The third kappa shape index (κ3) is 36.7. The Labute approximate surface area is 280 Å². The van der Waals surface area contributed by atoms with Gasteiger partial charge in [0, 0.05) is 13.0 Å². The zero-order chi connectivity index (χ0) is 32.7. The van der Waals surface area contributed by atoms with Crippen molar-refractivity contribution in [1.29, 1.82) is 0 Å². The molecule has 0 rings (SSSR count). The smallest absolute Gasteiger partial charge is 0.306 e. The van der Waals surface area contributed by atoms with Crippen LogP contribution in [-0.4, -0.2) is 37.0 Å². The normalized spacial score (nSPS) is 12.9. The van der Waals surface area contributed by atoms with E-state index in [2.05, 4.69) is 56.4 Å². The second kappa shape index (κ2) is 38.5. The van der Waals surface area contributed by atoms with Gasteiger partial charge in [-0.3, -0.25) is 4.79 Å². The highest BCUT2D eigenvalue weighted by Crippen LogP contribution is 2.15. The summed E-state index contributed by atoms with van der Waals surface area (Å²) in [5.74, 6) is -0.279. The highest BCUT2D eigenvalue weighted by atomic mass is 16.6. The quantitative estimate of drug-likeness (QED) is 0.0430. The molecule has 0 spiro atoms. The van der Waals surface area contributed by atoms with Gasteiger partial charge in [-0.05, 0) is 38.5 Å². The molecule has 0 aliphatic heterocycles. The number of unbranched alkanes of at least 4 members (excludes halogenated alkanes) is 19. The SMILES string of the molecule is CC/C=C\C/C=C\C/C=C\C/C=C\CCC(=O)OC(CO)COCCCCCCCCCCCCCCCCCCCCCC. The number of hydrogen-bond acceptors (Lipinski definition) is 4. The predicted octanol–water partition coefficient (Wildman–Crippen LogP) is 12.3. The van der Waals surface area contributed by atoms with Crippen LogP contribution in [0, 0.1) is 0 Å². The molecule has 0 saturated heterocycles. The minimum Gasteiger partial charge on any atom is -0.457 e. The predicted molar refractivity (Wildman–Crippen MR) is 196 cm³/mol. The maximum absolute atomic E-state index is 12.1. The summed E-state index contributed by atoms with van der Waals surface area (Å²) in [6.07, 6.45) is 48.9. The van der Waals surface area contributed by atoms with Crippen molar-refractivity contribution >= 4 is 5.97 Å². The highest BCUT2D eigenvalue weighted by Gasteiger charge is 2.13. The van der Waals surface area contributed by atoms with Gasteiger partial charge < -0.3 is 14.6 Å². The van der Waals surface area contributed by atoms with Crippen LogP contribution in [0.5, 0.6) is 0 Å². The third-order valence-electron chi connectivity index (χ3n) is 8.18. The molecule has 4 heteroatoms. The molecule has 0 saturated carbocycles. The monoisotopic (exact) mass is 631 g/mol. The minimum absolute atomic E-state index is 0.199. The van der Waals surface area contributed by atoms with E-state index < -0.39 is 6.10 Å². The maximum atomic E-state index is 12.1. The Morgan fingerprint density at radius 1 is 0.556 bits per heavy atom. The van der Waals surface area contributed by atoms with Gasteiger partial charge in [-0.1, -0.05) is 184 Å². The van der Waals surface area contributed by atoms with Crippen LogP contribution in [-0.2, 0) is 14.3 Å². The number of aliphatic hydroxyl groups is 1. The number of allylic oxidation sites excluding steroid dienone is 8. The van der Waals surface area contributed by atoms with Gasteiger partial charge in [-0.2, -0.15) is 0 Å². The Morgan fingerprint density at radius 2 is 0.956 bits per heavy atom. The van der Waals surface area contributed by atoms with Crippen LogP contribution in [0.2, 0.25) is 0 Å². The summed E-state index contributed by atoms with van der Waals surface area (Å²) < 4.78 is 11.1. The van der Waals surface area contributed by atoms with Crippen molar-refractivity contribution in [2.24, 2.45) is 0 Å². The van der Waals surface area contributed by atoms with Crippen molar-refractivity contribution in [2.45, 2.75) is 187 Å². The lowest BCUT2D eigenvalue weighted by atomic mass is 10.0. The molecular weight excluding hydrogens is 556 g/mol. The number of aliphatic hydroxyl groups excluding tert-OH is 1. The fourth-order valence-electron chi connectivity index (χ4n) is 5.34. The molecular formula is C41H74O4. The first-order valence-electron chi connectivity index (χ1n) is 19.2. The van der Waals surface area contributed by atoms with E-state index in [0.717, 1.165) is 32.1 Å². The Balaban J connectivity index is 3.47. The van der Waals surface area contributed by atoms with Gasteiger partial charge in [0.25, 0.3) is 0 Å². The Morgan fingerprint density at radius 3 is 1.38 bits per heavy atom. The van der Waals surface area contributed by atoms with Gasteiger partial charge in [0.05, 0.1) is 13.2 Å². The second-order valence-corrected chi connectivity index (χ2v) is 12.6. The number of esters is 1. The van der Waals surface area contributed by atoms with Crippen molar-refractivity contribution in [2.75, 3.05) is 19.8 Å². The molecule has 0 aromatic carbocycles. The van der Waals surface area contributed by atoms with Crippen molar-refractivity contribution in [3.8, 4) is 0 Å². The zero-order valence-electron chi connectivity index (χ0n) is 29.9. The summed E-state index contributed by atoms with van der Waals surface area (Å²) in [4.78, 5) is 12.1. The van der Waals surface area contributed by atoms with Crippen molar-refractivity contribution in [1.82, 2.24) is 0 Å². The average molecular weight is 631 g/mol. The van der Waals surface area contributed by atoms with Gasteiger partial charge in [-0.15, -0.1) is 0 Å². The molecule has 0 radical (unpaired) electrons. The van der Waals surface area contributed by atoms with Crippen LogP contribution in [0.25, 0.3) is 0 Å². The summed E-state index contributed by atoms with van der Waals surface area (Å²) in [5, 5.41) is 9.54. The minimum atomic E-state index is -0.569. The summed E-state index contributed by atoms with van der Waals surface area (Å²) in [5.41, 5.74) is 0. The number of ether oxygens (including phenoxy) is 2. The van der Waals surface area contributed by atoms with Gasteiger partial charge in [0.2, 0.25) is 0 Å². The Hall–Kier alpha value is -1.65. The topological polar surface area (TPSA) is 55.8 Å². The van der Waals surface area contributed by atoms with E-state index in [9.17, 15) is 9.90 Å². The summed E-state index contributed by atoms with van der Waals surface area (Å²) in [6, 6.07) is 0. The first-order chi connectivity index (χ1) is 22.2. The van der Waals surface area contributed by atoms with Crippen molar-refractivity contribution in [3.05, 3.63) is 48.6 Å². The Kier molecular flexibility index (Phi) is 37.1. The lowest BCUT2D eigenvalue weighted by Crippen LogP contribution is -2.27. The van der Waals surface area contributed by atoms with E-state index in [4.69, 9.17) is 9.47 Å². The molecule has 0 heterocycles. The summed E-state index contributed by atoms with van der Waals surface area (Å²) >= 11 is 0. The molecule has 1 N–H and O–H groups in total. The van der Waals surface area contributed by atoms with Gasteiger partial charge >= 0.3 is 5.97 Å². The van der Waals surface area contributed by atoms with Crippen molar-refractivity contribution in [3.63, 3.8) is 0 Å². The van der Waals surface area contributed by atoms with Crippen LogP contribution in [0.3, 0.4) is 0 Å². The molecule has 1 atom stereocenters.